The summed E-state index contributed by atoms with van der Waals surface area (Å²) >= 11 is 0. The molecule has 126 valence electrons. The molecule has 0 bridgehead atoms. The van der Waals surface area contributed by atoms with Crippen LogP contribution in [0.3, 0.4) is 0 Å². The molecule has 1 aliphatic rings. The molecule has 4 rings (SSSR count). The Balaban J connectivity index is 1.45. The minimum Gasteiger partial charge on any atom is -0.390 e. The number of fused-ring (bicyclic) bond motifs is 2. The number of pyridine rings is 1. The highest BCUT2D eigenvalue weighted by molar-refractivity contribution is 5.82. The molecule has 1 heterocycles. The molecule has 5 heteroatoms. The number of hydrogen-bond acceptors (Lipinski definition) is 3. The fourth-order valence-electron chi connectivity index (χ4n) is 3.43. The third-order valence-corrected chi connectivity index (χ3v) is 4.65. The average Bonchev–Trinajstić information content (AvgIpc) is 2.95. The summed E-state index contributed by atoms with van der Waals surface area (Å²) in [6.07, 6.45) is 1.72. The predicted octanol–water partition coefficient (Wildman–Crippen LogP) is 2.69. The van der Waals surface area contributed by atoms with Crippen LogP contribution in [0.4, 0.5) is 4.79 Å². The minimum absolute atomic E-state index is 0.298. The fourth-order valence-corrected chi connectivity index (χ4v) is 3.43. The summed E-state index contributed by atoms with van der Waals surface area (Å²) in [6, 6.07) is 16.9. The van der Waals surface area contributed by atoms with Crippen LogP contribution in [0.25, 0.3) is 10.9 Å². The van der Waals surface area contributed by atoms with Crippen molar-refractivity contribution in [2.75, 3.05) is 0 Å². The van der Waals surface area contributed by atoms with E-state index < -0.39 is 6.10 Å². The normalized spacial score (nSPS) is 18.8. The molecule has 0 saturated carbocycles. The van der Waals surface area contributed by atoms with Crippen molar-refractivity contribution in [1.29, 1.82) is 0 Å². The molecule has 0 saturated heterocycles. The van der Waals surface area contributed by atoms with E-state index in [1.54, 1.807) is 6.20 Å². The maximum absolute atomic E-state index is 12.3. The Morgan fingerprint density at radius 2 is 1.96 bits per heavy atom. The second-order valence-electron chi connectivity index (χ2n) is 6.27. The lowest BCUT2D eigenvalue weighted by Crippen LogP contribution is -2.40. The first-order valence-corrected chi connectivity index (χ1v) is 8.35. The van der Waals surface area contributed by atoms with Crippen molar-refractivity contribution in [1.82, 2.24) is 15.6 Å². The first kappa shape index (κ1) is 15.6. The lowest BCUT2D eigenvalue weighted by molar-refractivity contribution is 0.142. The molecule has 25 heavy (non-hydrogen) atoms. The van der Waals surface area contributed by atoms with Crippen LogP contribution in [0.15, 0.2) is 60.8 Å². The van der Waals surface area contributed by atoms with Crippen LogP contribution < -0.4 is 10.6 Å². The molecule has 3 N–H and O–H groups in total. The molecule has 0 spiro atoms. The summed E-state index contributed by atoms with van der Waals surface area (Å²) in [5, 5.41) is 17.0. The van der Waals surface area contributed by atoms with Gasteiger partial charge in [0.15, 0.2) is 0 Å². The molecule has 0 aliphatic heterocycles. The number of aliphatic hydroxyl groups excluding tert-OH is 1. The second-order valence-corrected chi connectivity index (χ2v) is 6.27. The van der Waals surface area contributed by atoms with Gasteiger partial charge >= 0.3 is 6.03 Å². The zero-order chi connectivity index (χ0) is 17.2. The van der Waals surface area contributed by atoms with E-state index in [-0.39, 0.29) is 12.1 Å². The minimum atomic E-state index is -0.595. The summed E-state index contributed by atoms with van der Waals surface area (Å²) in [4.78, 5) is 16.7. The average molecular weight is 333 g/mol. The third kappa shape index (κ3) is 3.06. The maximum atomic E-state index is 12.3. The highest BCUT2D eigenvalue weighted by atomic mass is 16.3. The molecular weight excluding hydrogens is 314 g/mol. The third-order valence-electron chi connectivity index (χ3n) is 4.65. The van der Waals surface area contributed by atoms with E-state index in [0.29, 0.717) is 13.0 Å². The molecule has 5 nitrogen and oxygen atoms in total. The van der Waals surface area contributed by atoms with Crippen LogP contribution in [0.1, 0.15) is 22.7 Å². The number of amides is 2. The first-order valence-electron chi connectivity index (χ1n) is 8.35. The fraction of sp³-hybridized carbons (Fsp3) is 0.200. The van der Waals surface area contributed by atoms with Crippen molar-refractivity contribution in [2.45, 2.75) is 25.1 Å². The highest BCUT2D eigenvalue weighted by Crippen LogP contribution is 2.31. The van der Waals surface area contributed by atoms with E-state index in [0.717, 1.165) is 27.6 Å². The Labute approximate surface area is 145 Å². The number of rotatable bonds is 3. The van der Waals surface area contributed by atoms with Crippen LogP contribution in [0.5, 0.6) is 0 Å². The van der Waals surface area contributed by atoms with E-state index in [2.05, 4.69) is 15.6 Å². The van der Waals surface area contributed by atoms with Gasteiger partial charge in [0, 0.05) is 24.5 Å². The number of benzene rings is 2. The van der Waals surface area contributed by atoms with E-state index in [4.69, 9.17) is 0 Å². The van der Waals surface area contributed by atoms with Crippen LogP contribution in [0, 0.1) is 0 Å². The number of urea groups is 1. The standard InChI is InChI=1S/C20H19N3O2/c24-17-11-14-5-1-2-9-16(14)19(17)23-20(25)22-12-15-7-3-6-13-8-4-10-21-18(13)15/h1-10,17,19,24H,11-12H2,(H2,22,23,25)/t17-,19+/m0/s1. The van der Waals surface area contributed by atoms with Crippen molar-refractivity contribution in [3.8, 4) is 0 Å². The smallest absolute Gasteiger partial charge is 0.315 e. The van der Waals surface area contributed by atoms with Crippen molar-refractivity contribution >= 4 is 16.9 Å². The number of nitrogens with one attached hydrogen (secondary N) is 2. The maximum Gasteiger partial charge on any atom is 0.315 e. The van der Waals surface area contributed by atoms with Gasteiger partial charge in [0.05, 0.1) is 17.7 Å². The summed E-state index contributed by atoms with van der Waals surface area (Å²) in [6.45, 7) is 0.380. The Morgan fingerprint density at radius 3 is 2.88 bits per heavy atom. The molecule has 3 aromatic rings. The number of carbonyl (C=O) groups excluding carboxylic acids is 1. The second kappa shape index (κ2) is 6.53. The zero-order valence-corrected chi connectivity index (χ0v) is 13.6. The topological polar surface area (TPSA) is 74.2 Å². The summed E-state index contributed by atoms with van der Waals surface area (Å²) in [7, 11) is 0. The molecule has 0 unspecified atom stereocenters. The zero-order valence-electron chi connectivity index (χ0n) is 13.6. The number of aromatic nitrogens is 1. The van der Waals surface area contributed by atoms with Gasteiger partial charge in [-0.2, -0.15) is 0 Å². The lowest BCUT2D eigenvalue weighted by atomic mass is 10.1. The largest absolute Gasteiger partial charge is 0.390 e. The summed E-state index contributed by atoms with van der Waals surface area (Å²) in [5.41, 5.74) is 3.91. The molecule has 2 amide bonds. The number of hydrogen-bond donors (Lipinski definition) is 3. The van der Waals surface area contributed by atoms with E-state index in [9.17, 15) is 9.90 Å². The Hall–Kier alpha value is -2.92. The quantitative estimate of drug-likeness (QED) is 0.690. The molecule has 2 atom stereocenters. The number of para-hydroxylation sites is 1. The van der Waals surface area contributed by atoms with E-state index >= 15 is 0 Å². The monoisotopic (exact) mass is 333 g/mol. The van der Waals surface area contributed by atoms with Gasteiger partial charge in [0.2, 0.25) is 0 Å². The van der Waals surface area contributed by atoms with E-state index in [1.807, 2.05) is 54.6 Å². The highest BCUT2D eigenvalue weighted by Gasteiger charge is 2.31. The Morgan fingerprint density at radius 1 is 1.12 bits per heavy atom. The van der Waals surface area contributed by atoms with Crippen LogP contribution in [0.2, 0.25) is 0 Å². The van der Waals surface area contributed by atoms with Gasteiger partial charge in [-0.3, -0.25) is 4.98 Å². The predicted molar refractivity (Wildman–Crippen MR) is 96.0 cm³/mol. The van der Waals surface area contributed by atoms with Crippen molar-refractivity contribution < 1.29 is 9.90 Å². The van der Waals surface area contributed by atoms with Crippen LogP contribution in [-0.4, -0.2) is 22.2 Å². The van der Waals surface area contributed by atoms with Gasteiger partial charge in [-0.1, -0.05) is 48.5 Å². The van der Waals surface area contributed by atoms with Crippen molar-refractivity contribution in [3.05, 3.63) is 77.5 Å². The number of carbonyl (C=O) groups is 1. The molecule has 2 aromatic carbocycles. The molecule has 1 aromatic heterocycles. The van der Waals surface area contributed by atoms with Gasteiger partial charge in [-0.25, -0.2) is 4.79 Å². The molecule has 1 aliphatic carbocycles. The number of aliphatic hydroxyl groups is 1. The summed E-state index contributed by atoms with van der Waals surface area (Å²) < 4.78 is 0. The van der Waals surface area contributed by atoms with Gasteiger partial charge < -0.3 is 15.7 Å². The van der Waals surface area contributed by atoms with Gasteiger partial charge in [0.25, 0.3) is 0 Å². The Kier molecular flexibility index (Phi) is 4.07. The first-order chi connectivity index (χ1) is 12.2. The van der Waals surface area contributed by atoms with Crippen LogP contribution in [-0.2, 0) is 13.0 Å². The van der Waals surface area contributed by atoms with Crippen molar-refractivity contribution in [3.63, 3.8) is 0 Å². The van der Waals surface area contributed by atoms with Gasteiger partial charge in [-0.15, -0.1) is 0 Å². The van der Waals surface area contributed by atoms with Crippen LogP contribution >= 0.6 is 0 Å². The number of nitrogens with zero attached hydrogens (tertiary/aromatic N) is 1. The van der Waals surface area contributed by atoms with Crippen molar-refractivity contribution in [2.24, 2.45) is 0 Å². The molecule has 0 radical (unpaired) electrons. The molecular formula is C20H19N3O2. The lowest BCUT2D eigenvalue weighted by Gasteiger charge is -2.18. The summed E-state index contributed by atoms with van der Waals surface area (Å²) in [5.74, 6) is 0. The van der Waals surface area contributed by atoms with E-state index in [1.165, 1.54) is 0 Å². The van der Waals surface area contributed by atoms with Gasteiger partial charge in [0.1, 0.15) is 0 Å². The van der Waals surface area contributed by atoms with Gasteiger partial charge in [-0.05, 0) is 22.8 Å². The SMILES string of the molecule is O=C(NCc1cccc2cccnc12)N[C@@H]1c2ccccc2C[C@@H]1O. The molecule has 0 fully saturated rings. The Bertz CT molecular complexity index is 920.